The average molecular weight is 284 g/mol. The first kappa shape index (κ1) is 15.7. The van der Waals surface area contributed by atoms with Gasteiger partial charge in [0.05, 0.1) is 13.2 Å². The summed E-state index contributed by atoms with van der Waals surface area (Å²) in [5.74, 6) is -0.159. The van der Waals surface area contributed by atoms with Crippen LogP contribution >= 0.6 is 0 Å². The number of nitrogens with one attached hydrogen (secondary N) is 1. The predicted molar refractivity (Wildman–Crippen MR) is 77.6 cm³/mol. The van der Waals surface area contributed by atoms with Gasteiger partial charge in [-0.25, -0.2) is 0 Å². The van der Waals surface area contributed by atoms with Gasteiger partial charge in [0, 0.05) is 25.2 Å². The minimum atomic E-state index is -0.577. The summed E-state index contributed by atoms with van der Waals surface area (Å²) in [6.07, 6.45) is 4.44. The number of hydrogen-bond donors (Lipinski definition) is 1. The molecule has 1 aliphatic heterocycles. The first-order valence-corrected chi connectivity index (χ1v) is 7.64. The third-order valence-electron chi connectivity index (χ3n) is 4.60. The monoisotopic (exact) mass is 284 g/mol. The van der Waals surface area contributed by atoms with Gasteiger partial charge in [0.2, 0.25) is 0 Å². The number of nitrogens with zero attached hydrogens (tertiary/aromatic N) is 1. The zero-order chi connectivity index (χ0) is 14.8. The molecule has 3 unspecified atom stereocenters. The van der Waals surface area contributed by atoms with Crippen LogP contribution in [0.5, 0.6) is 0 Å². The van der Waals surface area contributed by atoms with E-state index in [-0.39, 0.29) is 12.1 Å². The third kappa shape index (κ3) is 3.71. The van der Waals surface area contributed by atoms with Crippen LogP contribution in [0.1, 0.15) is 39.5 Å². The van der Waals surface area contributed by atoms with Crippen LogP contribution < -0.4 is 5.32 Å². The predicted octanol–water partition coefficient (Wildman–Crippen LogP) is 1.17. The molecule has 1 aliphatic carbocycles. The Morgan fingerprint density at radius 3 is 2.65 bits per heavy atom. The molecule has 2 aliphatic rings. The number of rotatable bonds is 7. The molecule has 116 valence electrons. The zero-order valence-electron chi connectivity index (χ0n) is 13.1. The summed E-state index contributed by atoms with van der Waals surface area (Å²) in [4.78, 5) is 14.4. The number of carbonyl (C=O) groups is 1. The largest absolute Gasteiger partial charge is 0.468 e. The fraction of sp³-hybridized carbons (Fsp3) is 0.933. The molecule has 0 radical (unpaired) electrons. The van der Waals surface area contributed by atoms with Gasteiger partial charge in [0.1, 0.15) is 5.54 Å². The second-order valence-electron chi connectivity index (χ2n) is 6.40. The van der Waals surface area contributed by atoms with Crippen LogP contribution in [0.3, 0.4) is 0 Å². The fourth-order valence-electron chi connectivity index (χ4n) is 3.00. The SMILES string of the molecule is COC(=O)C(C)(CCN(C)C1CCOC1C)NC1CC1. The summed E-state index contributed by atoms with van der Waals surface area (Å²) in [6, 6.07) is 0.941. The minimum absolute atomic E-state index is 0.159. The lowest BCUT2D eigenvalue weighted by Gasteiger charge is -2.33. The van der Waals surface area contributed by atoms with Crippen LogP contribution in [-0.4, -0.2) is 61.9 Å². The van der Waals surface area contributed by atoms with Crippen LogP contribution in [0.4, 0.5) is 0 Å². The van der Waals surface area contributed by atoms with Crippen LogP contribution in [0.2, 0.25) is 0 Å². The van der Waals surface area contributed by atoms with E-state index >= 15 is 0 Å². The average Bonchev–Trinajstić information content (AvgIpc) is 3.13. The molecule has 2 fully saturated rings. The highest BCUT2D eigenvalue weighted by Gasteiger charge is 2.40. The molecule has 0 bridgehead atoms. The molecule has 1 heterocycles. The molecule has 0 aromatic carbocycles. The van der Waals surface area contributed by atoms with Gasteiger partial charge in [-0.1, -0.05) is 0 Å². The Kier molecular flexibility index (Phi) is 5.04. The lowest BCUT2D eigenvalue weighted by molar-refractivity contribution is -0.148. The molecule has 0 amide bonds. The van der Waals surface area contributed by atoms with Crippen LogP contribution in [0.15, 0.2) is 0 Å². The van der Waals surface area contributed by atoms with Gasteiger partial charge in [0.25, 0.3) is 0 Å². The van der Waals surface area contributed by atoms with E-state index in [1.165, 1.54) is 7.11 Å². The molecule has 0 aromatic rings. The second kappa shape index (κ2) is 6.41. The smallest absolute Gasteiger partial charge is 0.325 e. The normalized spacial score (nSPS) is 29.4. The molecule has 5 nitrogen and oxygen atoms in total. The van der Waals surface area contributed by atoms with Gasteiger partial charge in [-0.2, -0.15) is 0 Å². The Morgan fingerprint density at radius 1 is 1.45 bits per heavy atom. The lowest BCUT2D eigenvalue weighted by Crippen LogP contribution is -2.53. The summed E-state index contributed by atoms with van der Waals surface area (Å²) >= 11 is 0. The van der Waals surface area contributed by atoms with E-state index in [0.717, 1.165) is 38.8 Å². The molecular formula is C15H28N2O3. The highest BCUT2D eigenvalue weighted by Crippen LogP contribution is 2.26. The molecule has 20 heavy (non-hydrogen) atoms. The summed E-state index contributed by atoms with van der Waals surface area (Å²) in [7, 11) is 3.58. The van der Waals surface area contributed by atoms with Crippen LogP contribution in [0.25, 0.3) is 0 Å². The van der Waals surface area contributed by atoms with Gasteiger partial charge in [-0.3, -0.25) is 10.1 Å². The van der Waals surface area contributed by atoms with E-state index in [0.29, 0.717) is 12.1 Å². The molecule has 0 aromatic heterocycles. The Labute approximate surface area is 122 Å². The topological polar surface area (TPSA) is 50.8 Å². The number of hydrogen-bond acceptors (Lipinski definition) is 5. The minimum Gasteiger partial charge on any atom is -0.468 e. The third-order valence-corrected chi connectivity index (χ3v) is 4.60. The summed E-state index contributed by atoms with van der Waals surface area (Å²) < 4.78 is 10.6. The molecule has 2 rings (SSSR count). The lowest BCUT2D eigenvalue weighted by atomic mass is 9.96. The van der Waals surface area contributed by atoms with Crippen LogP contribution in [-0.2, 0) is 14.3 Å². The van der Waals surface area contributed by atoms with Crippen LogP contribution in [0, 0.1) is 0 Å². The molecule has 1 saturated carbocycles. The van der Waals surface area contributed by atoms with E-state index < -0.39 is 5.54 Å². The Balaban J connectivity index is 1.88. The number of carbonyl (C=O) groups excluding carboxylic acids is 1. The Bertz CT molecular complexity index is 346. The standard InChI is InChI=1S/C15H28N2O3/c1-11-13(7-10-20-11)17(3)9-8-15(2,14(18)19-4)16-12-5-6-12/h11-13,16H,5-10H2,1-4H3. The maximum Gasteiger partial charge on any atom is 0.325 e. The van der Waals surface area contributed by atoms with Crippen molar-refractivity contribution >= 4 is 5.97 Å². The molecule has 3 atom stereocenters. The first-order chi connectivity index (χ1) is 9.46. The maximum atomic E-state index is 12.1. The van der Waals surface area contributed by atoms with Crippen molar-refractivity contribution in [3.8, 4) is 0 Å². The van der Waals surface area contributed by atoms with Crippen molar-refractivity contribution in [2.24, 2.45) is 0 Å². The summed E-state index contributed by atoms with van der Waals surface area (Å²) in [5, 5.41) is 3.44. The van der Waals surface area contributed by atoms with Crippen molar-refractivity contribution in [3.05, 3.63) is 0 Å². The molecule has 1 saturated heterocycles. The van der Waals surface area contributed by atoms with Gasteiger partial charge in [-0.05, 0) is 46.6 Å². The van der Waals surface area contributed by atoms with Crippen molar-refractivity contribution in [2.45, 2.75) is 63.3 Å². The van der Waals surface area contributed by atoms with Gasteiger partial charge in [-0.15, -0.1) is 0 Å². The number of likely N-dealkylation sites (N-methyl/N-ethyl adjacent to an activating group) is 1. The second-order valence-corrected chi connectivity index (χ2v) is 6.40. The van der Waals surface area contributed by atoms with E-state index in [1.807, 2.05) is 6.92 Å². The number of ether oxygens (including phenoxy) is 2. The quantitative estimate of drug-likeness (QED) is 0.711. The molecule has 5 heteroatoms. The van der Waals surface area contributed by atoms with Gasteiger partial charge < -0.3 is 14.4 Å². The molecule has 1 N–H and O–H groups in total. The summed E-state index contributed by atoms with van der Waals surface area (Å²) in [5.41, 5.74) is -0.577. The number of methoxy groups -OCH3 is 1. The molecular weight excluding hydrogens is 256 g/mol. The zero-order valence-corrected chi connectivity index (χ0v) is 13.1. The van der Waals surface area contributed by atoms with Gasteiger partial charge in [0.15, 0.2) is 0 Å². The maximum absolute atomic E-state index is 12.1. The van der Waals surface area contributed by atoms with Crippen molar-refractivity contribution in [3.63, 3.8) is 0 Å². The van der Waals surface area contributed by atoms with Crippen molar-refractivity contribution in [1.29, 1.82) is 0 Å². The summed E-state index contributed by atoms with van der Waals surface area (Å²) in [6.45, 7) is 5.78. The van der Waals surface area contributed by atoms with E-state index in [4.69, 9.17) is 9.47 Å². The number of esters is 1. The van der Waals surface area contributed by atoms with Crippen molar-refractivity contribution in [2.75, 3.05) is 27.3 Å². The van der Waals surface area contributed by atoms with E-state index in [1.54, 1.807) is 0 Å². The molecule has 0 spiro atoms. The van der Waals surface area contributed by atoms with E-state index in [9.17, 15) is 4.79 Å². The highest BCUT2D eigenvalue weighted by atomic mass is 16.5. The van der Waals surface area contributed by atoms with Crippen molar-refractivity contribution in [1.82, 2.24) is 10.2 Å². The van der Waals surface area contributed by atoms with Gasteiger partial charge >= 0.3 is 5.97 Å². The fourth-order valence-corrected chi connectivity index (χ4v) is 3.00. The Hall–Kier alpha value is -0.650. The highest BCUT2D eigenvalue weighted by molar-refractivity contribution is 5.80. The van der Waals surface area contributed by atoms with Crippen molar-refractivity contribution < 1.29 is 14.3 Å². The Morgan fingerprint density at radius 2 is 2.15 bits per heavy atom. The van der Waals surface area contributed by atoms with E-state index in [2.05, 4.69) is 24.2 Å². The first-order valence-electron chi connectivity index (χ1n) is 7.64.